The third-order valence-corrected chi connectivity index (χ3v) is 3.78. The second-order valence-corrected chi connectivity index (χ2v) is 7.41. The summed E-state index contributed by atoms with van der Waals surface area (Å²) in [5.41, 5.74) is -1.10. The highest BCUT2D eigenvalue weighted by Crippen LogP contribution is 2.39. The van der Waals surface area contributed by atoms with Crippen molar-refractivity contribution in [2.75, 3.05) is 0 Å². The first kappa shape index (κ1) is 16.9. The number of rotatable bonds is 1. The number of amides is 1. The lowest BCUT2D eigenvalue weighted by Gasteiger charge is -2.32. The van der Waals surface area contributed by atoms with Crippen molar-refractivity contribution in [3.8, 4) is 0 Å². The summed E-state index contributed by atoms with van der Waals surface area (Å²) in [6.07, 6.45) is 3.93. The molecule has 122 valence electrons. The van der Waals surface area contributed by atoms with E-state index >= 15 is 0 Å². The molecule has 0 atom stereocenters. The minimum atomic E-state index is -0.667. The molecule has 22 heavy (non-hydrogen) atoms. The van der Waals surface area contributed by atoms with Gasteiger partial charge in [-0.25, -0.2) is 4.79 Å². The first-order valence-electron chi connectivity index (χ1n) is 7.33. The SMILES string of the molecule is CC(C)(C)OC(=O)N1C=COC(B2OC(C)(C)C(C)(C)O2)=C1. The number of nitrogens with zero attached hydrogens (tertiary/aromatic N) is 1. The van der Waals surface area contributed by atoms with Crippen molar-refractivity contribution >= 4 is 13.2 Å². The Labute approximate surface area is 132 Å². The van der Waals surface area contributed by atoms with E-state index < -0.39 is 30.0 Å². The fraction of sp³-hybridized carbons (Fsp3) is 0.667. The molecule has 1 amide bonds. The van der Waals surface area contributed by atoms with Gasteiger partial charge in [-0.3, -0.25) is 4.90 Å². The normalized spacial score (nSPS) is 23.1. The van der Waals surface area contributed by atoms with E-state index in [2.05, 4.69) is 0 Å². The van der Waals surface area contributed by atoms with Gasteiger partial charge in [-0.2, -0.15) is 0 Å². The Morgan fingerprint density at radius 2 is 1.73 bits per heavy atom. The lowest BCUT2D eigenvalue weighted by molar-refractivity contribution is 0.00578. The van der Waals surface area contributed by atoms with Gasteiger partial charge in [0.2, 0.25) is 0 Å². The van der Waals surface area contributed by atoms with E-state index in [0.717, 1.165) is 0 Å². The number of carbonyl (C=O) groups is 1. The van der Waals surface area contributed by atoms with Gasteiger partial charge in [0.1, 0.15) is 11.9 Å². The van der Waals surface area contributed by atoms with Crippen LogP contribution in [0.3, 0.4) is 0 Å². The molecule has 2 aliphatic heterocycles. The van der Waals surface area contributed by atoms with Gasteiger partial charge in [0, 0.05) is 0 Å². The molecular weight excluding hydrogens is 285 g/mol. The third kappa shape index (κ3) is 3.47. The van der Waals surface area contributed by atoms with Crippen LogP contribution >= 0.6 is 0 Å². The summed E-state index contributed by atoms with van der Waals surface area (Å²) < 4.78 is 22.6. The lowest BCUT2D eigenvalue weighted by atomic mass is 9.87. The average molecular weight is 309 g/mol. The van der Waals surface area contributed by atoms with Crippen LogP contribution in [0.25, 0.3) is 0 Å². The molecule has 0 radical (unpaired) electrons. The van der Waals surface area contributed by atoms with Crippen LogP contribution < -0.4 is 0 Å². The zero-order valence-electron chi connectivity index (χ0n) is 14.3. The highest BCUT2D eigenvalue weighted by atomic mass is 16.7. The first-order valence-corrected chi connectivity index (χ1v) is 7.33. The summed E-state index contributed by atoms with van der Waals surface area (Å²) in [7, 11) is -0.667. The second kappa shape index (κ2) is 5.31. The van der Waals surface area contributed by atoms with Crippen LogP contribution in [0.4, 0.5) is 4.79 Å². The monoisotopic (exact) mass is 309 g/mol. The van der Waals surface area contributed by atoms with Crippen molar-refractivity contribution in [1.82, 2.24) is 4.90 Å². The van der Waals surface area contributed by atoms with Crippen molar-refractivity contribution in [3.63, 3.8) is 0 Å². The molecule has 2 heterocycles. The Bertz CT molecular complexity index is 503. The molecule has 0 saturated carbocycles. The first-order chi connectivity index (χ1) is 9.91. The summed E-state index contributed by atoms with van der Waals surface area (Å²) in [6, 6.07) is 0. The van der Waals surface area contributed by atoms with Gasteiger partial charge in [0.25, 0.3) is 0 Å². The molecule has 2 rings (SSSR count). The summed E-state index contributed by atoms with van der Waals surface area (Å²) in [6.45, 7) is 13.3. The fourth-order valence-corrected chi connectivity index (χ4v) is 1.89. The predicted molar refractivity (Wildman–Crippen MR) is 82.5 cm³/mol. The maximum Gasteiger partial charge on any atom is 0.534 e. The molecule has 0 N–H and O–H groups in total. The standard InChI is InChI=1S/C15H24BNO5/c1-13(2,3)20-12(18)17-8-9-19-11(10-17)16-21-14(4,5)15(6,7)22-16/h8-10H,1-7H3. The highest BCUT2D eigenvalue weighted by Gasteiger charge is 2.53. The minimum Gasteiger partial charge on any atom is -0.470 e. The van der Waals surface area contributed by atoms with Gasteiger partial charge in [0.15, 0.2) is 5.66 Å². The number of carbonyl (C=O) groups excluding carboxylic acids is 1. The van der Waals surface area contributed by atoms with Crippen LogP contribution in [0.5, 0.6) is 0 Å². The number of hydrogen-bond donors (Lipinski definition) is 0. The van der Waals surface area contributed by atoms with E-state index in [1.807, 2.05) is 48.5 Å². The summed E-state index contributed by atoms with van der Waals surface area (Å²) in [4.78, 5) is 13.4. The molecule has 6 nitrogen and oxygen atoms in total. The van der Waals surface area contributed by atoms with Crippen LogP contribution in [0.2, 0.25) is 0 Å². The maximum absolute atomic E-state index is 12.1. The quantitative estimate of drug-likeness (QED) is 0.696. The highest BCUT2D eigenvalue weighted by molar-refractivity contribution is 6.53. The van der Waals surface area contributed by atoms with Crippen LogP contribution in [0.1, 0.15) is 48.5 Å². The van der Waals surface area contributed by atoms with Crippen LogP contribution in [0, 0.1) is 0 Å². The Morgan fingerprint density at radius 3 is 2.23 bits per heavy atom. The Balaban J connectivity index is 2.12. The van der Waals surface area contributed by atoms with Crippen molar-refractivity contribution in [3.05, 3.63) is 24.3 Å². The lowest BCUT2D eigenvalue weighted by Crippen LogP contribution is -2.41. The van der Waals surface area contributed by atoms with E-state index in [1.54, 1.807) is 0 Å². The second-order valence-electron chi connectivity index (χ2n) is 7.41. The van der Waals surface area contributed by atoms with Crippen LogP contribution in [-0.4, -0.2) is 34.9 Å². The number of ether oxygens (including phenoxy) is 2. The van der Waals surface area contributed by atoms with E-state index in [1.165, 1.54) is 23.6 Å². The van der Waals surface area contributed by atoms with Gasteiger partial charge >= 0.3 is 13.2 Å². The van der Waals surface area contributed by atoms with E-state index in [4.69, 9.17) is 18.8 Å². The van der Waals surface area contributed by atoms with Gasteiger partial charge in [-0.05, 0) is 48.5 Å². The van der Waals surface area contributed by atoms with Gasteiger partial charge < -0.3 is 18.8 Å². The van der Waals surface area contributed by atoms with Gasteiger partial charge in [0.05, 0.1) is 23.6 Å². The molecule has 0 unspecified atom stereocenters. The van der Waals surface area contributed by atoms with Crippen molar-refractivity contribution in [2.45, 2.75) is 65.3 Å². The molecule has 0 spiro atoms. The van der Waals surface area contributed by atoms with Gasteiger partial charge in [-0.15, -0.1) is 0 Å². The molecule has 7 heteroatoms. The van der Waals surface area contributed by atoms with Crippen molar-refractivity contribution in [1.29, 1.82) is 0 Å². The predicted octanol–water partition coefficient (Wildman–Crippen LogP) is 3.20. The smallest absolute Gasteiger partial charge is 0.470 e. The molecule has 0 aromatic rings. The van der Waals surface area contributed by atoms with Crippen molar-refractivity contribution in [2.24, 2.45) is 0 Å². The topological polar surface area (TPSA) is 57.2 Å². The van der Waals surface area contributed by atoms with E-state index in [9.17, 15) is 4.79 Å². The molecular formula is C15H24BNO5. The van der Waals surface area contributed by atoms with Gasteiger partial charge in [-0.1, -0.05) is 0 Å². The molecule has 1 saturated heterocycles. The Kier molecular flexibility index (Phi) is 4.08. The Hall–Kier alpha value is -1.47. The molecule has 0 aromatic heterocycles. The molecule has 1 fully saturated rings. The third-order valence-electron chi connectivity index (χ3n) is 3.78. The largest absolute Gasteiger partial charge is 0.534 e. The summed E-state index contributed by atoms with van der Waals surface area (Å²) in [5.74, 6) is 0. The maximum atomic E-state index is 12.1. The van der Waals surface area contributed by atoms with Crippen LogP contribution in [0.15, 0.2) is 24.3 Å². The minimum absolute atomic E-state index is 0.409. The van der Waals surface area contributed by atoms with E-state index in [0.29, 0.717) is 5.66 Å². The number of hydrogen-bond acceptors (Lipinski definition) is 5. The summed E-state index contributed by atoms with van der Waals surface area (Å²) >= 11 is 0. The molecule has 0 bridgehead atoms. The van der Waals surface area contributed by atoms with Crippen molar-refractivity contribution < 1.29 is 23.6 Å². The molecule has 2 aliphatic rings. The Morgan fingerprint density at radius 1 is 1.18 bits per heavy atom. The fourth-order valence-electron chi connectivity index (χ4n) is 1.89. The van der Waals surface area contributed by atoms with Crippen LogP contribution in [-0.2, 0) is 18.8 Å². The zero-order chi connectivity index (χ0) is 16.8. The summed E-state index contributed by atoms with van der Waals surface area (Å²) in [5, 5.41) is 0. The van der Waals surface area contributed by atoms with E-state index in [-0.39, 0.29) is 0 Å². The zero-order valence-corrected chi connectivity index (χ0v) is 14.3. The average Bonchev–Trinajstić information content (AvgIpc) is 2.57. The molecule has 0 aliphatic carbocycles. The molecule has 0 aromatic carbocycles.